The Balaban J connectivity index is 1.34. The summed E-state index contributed by atoms with van der Waals surface area (Å²) in [5.74, 6) is 1.60. The van der Waals surface area contributed by atoms with Crippen LogP contribution >= 0.6 is 0 Å². The fraction of sp³-hybridized carbons (Fsp3) is 0.348. The predicted molar refractivity (Wildman–Crippen MR) is 122 cm³/mol. The van der Waals surface area contributed by atoms with Crippen molar-refractivity contribution in [2.24, 2.45) is 4.99 Å². The van der Waals surface area contributed by atoms with E-state index in [9.17, 15) is 4.79 Å². The molecule has 3 N–H and O–H groups in total. The second kappa shape index (κ2) is 11.0. The van der Waals surface area contributed by atoms with Gasteiger partial charge >= 0.3 is 0 Å². The number of fused-ring (bicyclic) bond motifs is 1. The van der Waals surface area contributed by atoms with Crippen molar-refractivity contribution in [3.8, 4) is 0 Å². The van der Waals surface area contributed by atoms with Gasteiger partial charge in [0.05, 0.1) is 17.6 Å². The Morgan fingerprint density at radius 2 is 1.77 bits per heavy atom. The maximum atomic E-state index is 12.0. The Morgan fingerprint density at radius 1 is 1.00 bits per heavy atom. The van der Waals surface area contributed by atoms with Gasteiger partial charge in [-0.05, 0) is 37.5 Å². The first-order valence-electron chi connectivity index (χ1n) is 10.3. The minimum atomic E-state index is -0.0469. The molecule has 3 rings (SSSR count). The molecule has 7 nitrogen and oxygen atoms in total. The fourth-order valence-corrected chi connectivity index (χ4v) is 3.36. The van der Waals surface area contributed by atoms with Crippen LogP contribution in [0.25, 0.3) is 11.0 Å². The van der Waals surface area contributed by atoms with E-state index in [0.29, 0.717) is 12.5 Å². The number of para-hydroxylation sites is 2. The number of imidazole rings is 1. The molecule has 0 atom stereocenters. The SMILES string of the molecule is CN=C(NCCCn1c(C)nc2ccccc21)NCC(=O)NCCc1ccccc1. The molecule has 0 saturated carbocycles. The molecule has 1 amide bonds. The standard InChI is InChI=1S/C23H30N6O/c1-18-28-20-11-6-7-12-21(20)29(18)16-8-14-26-23(24-2)27-17-22(30)25-15-13-19-9-4-3-5-10-19/h3-7,9-12H,8,13-17H2,1-2H3,(H,25,30)(H2,24,26,27). The second-order valence-electron chi connectivity index (χ2n) is 7.09. The number of aliphatic imine (C=N–C) groups is 1. The van der Waals surface area contributed by atoms with Crippen molar-refractivity contribution in [1.29, 1.82) is 0 Å². The van der Waals surface area contributed by atoms with Crippen LogP contribution in [-0.2, 0) is 17.8 Å². The van der Waals surface area contributed by atoms with E-state index in [-0.39, 0.29) is 12.5 Å². The number of amides is 1. The smallest absolute Gasteiger partial charge is 0.239 e. The van der Waals surface area contributed by atoms with Gasteiger partial charge in [0.1, 0.15) is 5.82 Å². The molecule has 7 heteroatoms. The van der Waals surface area contributed by atoms with Gasteiger partial charge in [-0.15, -0.1) is 0 Å². The third-order valence-electron chi connectivity index (χ3n) is 4.92. The van der Waals surface area contributed by atoms with E-state index in [4.69, 9.17) is 0 Å². The van der Waals surface area contributed by atoms with Crippen LogP contribution in [0.1, 0.15) is 17.8 Å². The Labute approximate surface area is 177 Å². The minimum Gasteiger partial charge on any atom is -0.356 e. The van der Waals surface area contributed by atoms with Crippen LogP contribution in [0.5, 0.6) is 0 Å². The van der Waals surface area contributed by atoms with E-state index in [1.807, 2.05) is 43.3 Å². The zero-order valence-corrected chi connectivity index (χ0v) is 17.7. The molecule has 0 saturated heterocycles. The predicted octanol–water partition coefficient (Wildman–Crippen LogP) is 2.26. The van der Waals surface area contributed by atoms with Gasteiger partial charge in [-0.2, -0.15) is 0 Å². The van der Waals surface area contributed by atoms with E-state index in [2.05, 4.69) is 48.7 Å². The first-order valence-corrected chi connectivity index (χ1v) is 10.3. The zero-order valence-electron chi connectivity index (χ0n) is 17.7. The van der Waals surface area contributed by atoms with Gasteiger partial charge in [0.25, 0.3) is 0 Å². The summed E-state index contributed by atoms with van der Waals surface area (Å²) in [4.78, 5) is 20.8. The molecule has 3 aromatic rings. The number of carbonyl (C=O) groups is 1. The normalized spacial score (nSPS) is 11.5. The highest BCUT2D eigenvalue weighted by molar-refractivity contribution is 5.86. The van der Waals surface area contributed by atoms with Crippen LogP contribution in [0.15, 0.2) is 59.6 Å². The summed E-state index contributed by atoms with van der Waals surface area (Å²) in [5, 5.41) is 9.25. The van der Waals surface area contributed by atoms with Crippen LogP contribution in [0.4, 0.5) is 0 Å². The van der Waals surface area contributed by atoms with Gasteiger partial charge in [-0.25, -0.2) is 4.98 Å². The fourth-order valence-electron chi connectivity index (χ4n) is 3.36. The molecule has 2 aromatic carbocycles. The Hall–Kier alpha value is -3.35. The van der Waals surface area contributed by atoms with Gasteiger partial charge in [-0.1, -0.05) is 42.5 Å². The average Bonchev–Trinajstić information content (AvgIpc) is 3.09. The number of aryl methyl sites for hydroxylation is 2. The second-order valence-corrected chi connectivity index (χ2v) is 7.09. The number of guanidine groups is 1. The number of benzene rings is 2. The molecule has 0 bridgehead atoms. The third-order valence-corrected chi connectivity index (χ3v) is 4.92. The van der Waals surface area contributed by atoms with Crippen molar-refractivity contribution >= 4 is 22.9 Å². The van der Waals surface area contributed by atoms with Crippen LogP contribution in [0, 0.1) is 6.92 Å². The summed E-state index contributed by atoms with van der Waals surface area (Å²) >= 11 is 0. The lowest BCUT2D eigenvalue weighted by Gasteiger charge is -2.13. The van der Waals surface area contributed by atoms with E-state index < -0.39 is 0 Å². The molecule has 0 radical (unpaired) electrons. The highest BCUT2D eigenvalue weighted by atomic mass is 16.1. The van der Waals surface area contributed by atoms with Crippen molar-refractivity contribution in [2.75, 3.05) is 26.7 Å². The summed E-state index contributed by atoms with van der Waals surface area (Å²) in [6, 6.07) is 18.3. The zero-order chi connectivity index (χ0) is 21.2. The van der Waals surface area contributed by atoms with Crippen LogP contribution in [0.3, 0.4) is 0 Å². The van der Waals surface area contributed by atoms with Gasteiger partial charge in [-0.3, -0.25) is 9.79 Å². The van der Waals surface area contributed by atoms with Crippen molar-refractivity contribution in [2.45, 2.75) is 26.3 Å². The molecule has 0 unspecified atom stereocenters. The molecular formula is C23H30N6O. The summed E-state index contributed by atoms with van der Waals surface area (Å²) in [6.07, 6.45) is 1.74. The lowest BCUT2D eigenvalue weighted by atomic mass is 10.1. The largest absolute Gasteiger partial charge is 0.356 e. The van der Waals surface area contributed by atoms with Crippen molar-refractivity contribution < 1.29 is 4.79 Å². The first kappa shape index (κ1) is 21.4. The van der Waals surface area contributed by atoms with Gasteiger partial charge in [0.2, 0.25) is 5.91 Å². The lowest BCUT2D eigenvalue weighted by Crippen LogP contribution is -2.43. The molecule has 0 fully saturated rings. The third kappa shape index (κ3) is 6.07. The summed E-state index contributed by atoms with van der Waals surface area (Å²) in [5.41, 5.74) is 3.40. The number of nitrogens with one attached hydrogen (secondary N) is 3. The molecule has 30 heavy (non-hydrogen) atoms. The van der Waals surface area contributed by atoms with Crippen LogP contribution in [-0.4, -0.2) is 48.1 Å². The highest BCUT2D eigenvalue weighted by Crippen LogP contribution is 2.15. The monoisotopic (exact) mass is 406 g/mol. The van der Waals surface area contributed by atoms with Crippen LogP contribution < -0.4 is 16.0 Å². The summed E-state index contributed by atoms with van der Waals surface area (Å²) in [7, 11) is 1.70. The number of hydrogen-bond donors (Lipinski definition) is 3. The van der Waals surface area contributed by atoms with Crippen molar-refractivity contribution in [1.82, 2.24) is 25.5 Å². The average molecular weight is 407 g/mol. The number of hydrogen-bond acceptors (Lipinski definition) is 3. The highest BCUT2D eigenvalue weighted by Gasteiger charge is 2.07. The first-order chi connectivity index (χ1) is 14.7. The van der Waals surface area contributed by atoms with Gasteiger partial charge in [0.15, 0.2) is 5.96 Å². The Kier molecular flexibility index (Phi) is 7.83. The number of nitrogens with zero attached hydrogens (tertiary/aromatic N) is 3. The quantitative estimate of drug-likeness (QED) is 0.289. The van der Waals surface area contributed by atoms with Crippen molar-refractivity contribution in [3.63, 3.8) is 0 Å². The minimum absolute atomic E-state index is 0.0469. The molecule has 1 aromatic heterocycles. The Bertz CT molecular complexity index is 980. The van der Waals surface area contributed by atoms with E-state index in [1.54, 1.807) is 7.05 Å². The molecule has 0 aliphatic rings. The molecular weight excluding hydrogens is 376 g/mol. The summed E-state index contributed by atoms with van der Waals surface area (Å²) in [6.45, 7) is 4.47. The number of carbonyl (C=O) groups excluding carboxylic acids is 1. The van der Waals surface area contributed by atoms with Gasteiger partial charge < -0.3 is 20.5 Å². The molecule has 0 aliphatic heterocycles. The van der Waals surface area contributed by atoms with E-state index >= 15 is 0 Å². The van der Waals surface area contributed by atoms with Crippen LogP contribution in [0.2, 0.25) is 0 Å². The van der Waals surface area contributed by atoms with E-state index in [1.165, 1.54) is 5.56 Å². The topological polar surface area (TPSA) is 83.3 Å². The molecule has 158 valence electrons. The number of aromatic nitrogens is 2. The number of rotatable bonds is 9. The Morgan fingerprint density at radius 3 is 2.57 bits per heavy atom. The maximum Gasteiger partial charge on any atom is 0.239 e. The van der Waals surface area contributed by atoms with Gasteiger partial charge in [0, 0.05) is 26.7 Å². The molecule has 0 spiro atoms. The van der Waals surface area contributed by atoms with Crippen molar-refractivity contribution in [3.05, 3.63) is 66.0 Å². The maximum absolute atomic E-state index is 12.0. The summed E-state index contributed by atoms with van der Waals surface area (Å²) < 4.78 is 2.23. The van der Waals surface area contributed by atoms with E-state index in [0.717, 1.165) is 42.8 Å². The molecule has 1 heterocycles. The molecule has 0 aliphatic carbocycles. The lowest BCUT2D eigenvalue weighted by molar-refractivity contribution is -0.119.